The lowest BCUT2D eigenvalue weighted by molar-refractivity contribution is -0.151. The molecule has 0 aliphatic carbocycles. The van der Waals surface area contributed by atoms with Crippen molar-refractivity contribution in [3.8, 4) is 0 Å². The standard InChI is InChI=1S/C13H25NO2Si/c1-8-10-11(9(2)15)12(16)14(10)17(6,7)13(3,4)5/h8-11,15H,1H2,2-7H3/t9?,10-,11-/m1/s1. The molecule has 0 spiro atoms. The number of rotatable bonds is 3. The van der Waals surface area contributed by atoms with Gasteiger partial charge in [0.25, 0.3) is 0 Å². The molecule has 1 aliphatic rings. The Balaban J connectivity index is 3.02. The fraction of sp³-hybridized carbons (Fsp3) is 0.769. The molecule has 0 bridgehead atoms. The Labute approximate surface area is 106 Å². The Bertz CT molecular complexity index is 331. The second kappa shape index (κ2) is 4.25. The summed E-state index contributed by atoms with van der Waals surface area (Å²) in [5.74, 6) is -0.196. The second-order valence-corrected chi connectivity index (χ2v) is 11.6. The number of carbonyl (C=O) groups is 1. The van der Waals surface area contributed by atoms with Crippen LogP contribution in [-0.2, 0) is 4.79 Å². The molecule has 1 amide bonds. The van der Waals surface area contributed by atoms with E-state index in [1.54, 1.807) is 13.0 Å². The summed E-state index contributed by atoms with van der Waals surface area (Å²) >= 11 is 0. The van der Waals surface area contributed by atoms with E-state index >= 15 is 0 Å². The Morgan fingerprint density at radius 1 is 1.47 bits per heavy atom. The summed E-state index contributed by atoms with van der Waals surface area (Å²) in [6, 6.07) is 0.00314. The van der Waals surface area contributed by atoms with Gasteiger partial charge in [-0.3, -0.25) is 4.79 Å². The van der Waals surface area contributed by atoms with E-state index in [-0.39, 0.29) is 22.9 Å². The third kappa shape index (κ3) is 2.08. The van der Waals surface area contributed by atoms with Gasteiger partial charge in [0.1, 0.15) is 0 Å². The van der Waals surface area contributed by atoms with E-state index in [0.717, 1.165) is 0 Å². The number of hydrogen-bond acceptors (Lipinski definition) is 2. The minimum absolute atomic E-state index is 0.00314. The van der Waals surface area contributed by atoms with Crippen LogP contribution in [0.15, 0.2) is 12.7 Å². The van der Waals surface area contributed by atoms with Gasteiger partial charge >= 0.3 is 0 Å². The molecule has 1 N–H and O–H groups in total. The normalized spacial score (nSPS) is 27.7. The molecule has 3 atom stereocenters. The molecule has 1 unspecified atom stereocenters. The van der Waals surface area contributed by atoms with E-state index in [9.17, 15) is 9.90 Å². The average Bonchev–Trinajstić information content (AvgIpc) is 2.10. The molecule has 4 heteroatoms. The van der Waals surface area contributed by atoms with Gasteiger partial charge < -0.3 is 9.67 Å². The summed E-state index contributed by atoms with van der Waals surface area (Å²) in [4.78, 5) is 12.2. The lowest BCUT2D eigenvalue weighted by atomic mass is 9.86. The van der Waals surface area contributed by atoms with Gasteiger partial charge in [-0.05, 0) is 12.0 Å². The molecular weight excluding hydrogens is 230 g/mol. The molecule has 0 aromatic rings. The van der Waals surface area contributed by atoms with Crippen LogP contribution in [0.1, 0.15) is 27.7 Å². The summed E-state index contributed by atoms with van der Waals surface area (Å²) in [5.41, 5.74) is 0. The first-order valence-corrected chi connectivity index (χ1v) is 9.14. The summed E-state index contributed by atoms with van der Waals surface area (Å²) in [6.07, 6.45) is 1.21. The second-order valence-electron chi connectivity index (χ2n) is 6.51. The Morgan fingerprint density at radius 3 is 2.24 bits per heavy atom. The zero-order valence-corrected chi connectivity index (χ0v) is 12.8. The lowest BCUT2D eigenvalue weighted by Gasteiger charge is -2.58. The van der Waals surface area contributed by atoms with E-state index in [0.29, 0.717) is 0 Å². The maximum atomic E-state index is 12.2. The van der Waals surface area contributed by atoms with Gasteiger partial charge in [-0.15, -0.1) is 6.58 Å². The van der Waals surface area contributed by atoms with Gasteiger partial charge in [0.05, 0.1) is 18.1 Å². The SMILES string of the molecule is C=C[C@@H]1[C@@H](C(C)O)C(=O)N1[Si](C)(C)C(C)(C)C. The summed E-state index contributed by atoms with van der Waals surface area (Å²) in [6.45, 7) is 16.5. The van der Waals surface area contributed by atoms with Gasteiger partial charge in [-0.2, -0.15) is 0 Å². The number of aliphatic hydroxyl groups is 1. The van der Waals surface area contributed by atoms with E-state index in [1.807, 2.05) is 4.57 Å². The fourth-order valence-electron chi connectivity index (χ4n) is 2.29. The topological polar surface area (TPSA) is 40.5 Å². The van der Waals surface area contributed by atoms with Crippen LogP contribution in [0.5, 0.6) is 0 Å². The van der Waals surface area contributed by atoms with Gasteiger partial charge in [-0.25, -0.2) is 0 Å². The maximum absolute atomic E-state index is 12.2. The molecule has 0 radical (unpaired) electrons. The van der Waals surface area contributed by atoms with Crippen molar-refractivity contribution in [1.29, 1.82) is 0 Å². The first kappa shape index (κ1) is 14.4. The van der Waals surface area contributed by atoms with E-state index in [1.165, 1.54) is 0 Å². The number of β-lactam (4-membered cyclic amide) rings is 1. The lowest BCUT2D eigenvalue weighted by Crippen LogP contribution is -2.73. The zero-order chi connectivity index (χ0) is 13.6. The number of hydrogen-bond donors (Lipinski definition) is 1. The number of carbonyl (C=O) groups excluding carboxylic acids is 1. The van der Waals surface area contributed by atoms with Crippen molar-refractivity contribution >= 4 is 14.1 Å². The van der Waals surface area contributed by atoms with Crippen molar-refractivity contribution in [3.63, 3.8) is 0 Å². The highest BCUT2D eigenvalue weighted by molar-refractivity contribution is 6.80. The molecule has 1 heterocycles. The monoisotopic (exact) mass is 255 g/mol. The maximum Gasteiger partial charge on any atom is 0.223 e. The Morgan fingerprint density at radius 2 is 1.94 bits per heavy atom. The average molecular weight is 255 g/mol. The van der Waals surface area contributed by atoms with Crippen LogP contribution in [0, 0.1) is 5.92 Å². The molecule has 1 fully saturated rings. The highest BCUT2D eigenvalue weighted by Crippen LogP contribution is 2.45. The van der Waals surface area contributed by atoms with Gasteiger partial charge in [-0.1, -0.05) is 39.9 Å². The minimum Gasteiger partial charge on any atom is -0.392 e. The van der Waals surface area contributed by atoms with Gasteiger partial charge in [0.2, 0.25) is 5.91 Å². The molecule has 98 valence electrons. The zero-order valence-electron chi connectivity index (χ0n) is 11.8. The van der Waals surface area contributed by atoms with Gasteiger partial charge in [0, 0.05) is 0 Å². The van der Waals surface area contributed by atoms with Crippen LogP contribution >= 0.6 is 0 Å². The molecule has 1 saturated heterocycles. The van der Waals surface area contributed by atoms with Crippen molar-refractivity contribution in [2.75, 3.05) is 0 Å². The highest BCUT2D eigenvalue weighted by atomic mass is 28.3. The van der Waals surface area contributed by atoms with E-state index < -0.39 is 14.3 Å². The number of amides is 1. The van der Waals surface area contributed by atoms with E-state index in [2.05, 4.69) is 40.4 Å². The van der Waals surface area contributed by atoms with Crippen LogP contribution in [0.25, 0.3) is 0 Å². The van der Waals surface area contributed by atoms with Crippen molar-refractivity contribution in [2.24, 2.45) is 5.92 Å². The molecule has 1 aliphatic heterocycles. The molecular formula is C13H25NO2Si. The van der Waals surface area contributed by atoms with E-state index in [4.69, 9.17) is 0 Å². The third-order valence-corrected chi connectivity index (χ3v) is 9.78. The highest BCUT2D eigenvalue weighted by Gasteiger charge is 2.57. The Kier molecular flexibility index (Phi) is 3.61. The van der Waals surface area contributed by atoms with Crippen LogP contribution in [0.2, 0.25) is 18.1 Å². The smallest absolute Gasteiger partial charge is 0.223 e. The summed E-state index contributed by atoms with van der Waals surface area (Å²) < 4.78 is 2.00. The summed E-state index contributed by atoms with van der Waals surface area (Å²) in [5, 5.41) is 9.77. The third-order valence-electron chi connectivity index (χ3n) is 4.39. The fourth-order valence-corrected chi connectivity index (χ4v) is 4.72. The van der Waals surface area contributed by atoms with Crippen LogP contribution in [0.3, 0.4) is 0 Å². The Hall–Kier alpha value is -0.613. The van der Waals surface area contributed by atoms with Crippen LogP contribution in [-0.4, -0.2) is 36.0 Å². The van der Waals surface area contributed by atoms with Crippen LogP contribution < -0.4 is 0 Å². The number of nitrogens with zero attached hydrogens (tertiary/aromatic N) is 1. The molecule has 0 saturated carbocycles. The molecule has 0 aromatic carbocycles. The first-order chi connectivity index (χ1) is 7.55. The predicted octanol–water partition coefficient (Wildman–Crippen LogP) is 2.39. The van der Waals surface area contributed by atoms with Crippen molar-refractivity contribution in [1.82, 2.24) is 4.57 Å². The summed E-state index contributed by atoms with van der Waals surface area (Å²) in [7, 11) is -1.85. The van der Waals surface area contributed by atoms with Crippen LogP contribution in [0.4, 0.5) is 0 Å². The minimum atomic E-state index is -1.85. The van der Waals surface area contributed by atoms with Gasteiger partial charge in [0.15, 0.2) is 8.24 Å². The quantitative estimate of drug-likeness (QED) is 0.478. The predicted molar refractivity (Wildman–Crippen MR) is 73.2 cm³/mol. The van der Waals surface area contributed by atoms with Crippen molar-refractivity contribution < 1.29 is 9.90 Å². The molecule has 3 nitrogen and oxygen atoms in total. The largest absolute Gasteiger partial charge is 0.392 e. The van der Waals surface area contributed by atoms with Crippen molar-refractivity contribution in [3.05, 3.63) is 12.7 Å². The molecule has 0 aromatic heterocycles. The van der Waals surface area contributed by atoms with Crippen molar-refractivity contribution in [2.45, 2.75) is 58.0 Å². The first-order valence-electron chi connectivity index (χ1n) is 6.19. The molecule has 1 rings (SSSR count). The molecule has 17 heavy (non-hydrogen) atoms. The number of aliphatic hydroxyl groups excluding tert-OH is 1.